The number of carbonyl (C=O) groups is 2. The van der Waals surface area contributed by atoms with E-state index in [2.05, 4.69) is 36.8 Å². The standard InChI is InChI=1S/C31H26Br2F3N3O2/c32-23-15-22(16-24(33)17-23)29(40)38-13-11-25(18-26(38)14-20-6-2-1-3-7-20)39(30(41)31(34,35)36)19-21-10-12-37-28-9-5-4-8-27(21)28/h1-10,12,15-17,25-26H,11,13-14,18-19H2/t25-,26+/m0/s1. The van der Waals surface area contributed by atoms with Crippen LogP contribution in [-0.4, -0.2) is 51.4 Å². The van der Waals surface area contributed by atoms with Gasteiger partial charge < -0.3 is 9.80 Å². The van der Waals surface area contributed by atoms with E-state index in [9.17, 15) is 22.8 Å². The highest BCUT2D eigenvalue weighted by atomic mass is 79.9. The third kappa shape index (κ3) is 6.81. The number of piperidine rings is 1. The zero-order valence-corrected chi connectivity index (χ0v) is 25.0. The molecule has 10 heteroatoms. The lowest BCUT2D eigenvalue weighted by atomic mass is 9.90. The number of alkyl halides is 3. The highest BCUT2D eigenvalue weighted by molar-refractivity contribution is 9.11. The normalized spacial score (nSPS) is 17.4. The molecular formula is C31H26Br2F3N3O2. The number of para-hydroxylation sites is 1. The maximum Gasteiger partial charge on any atom is 0.471 e. The Labute approximate surface area is 252 Å². The highest BCUT2D eigenvalue weighted by Crippen LogP contribution is 2.32. The molecule has 4 aromatic rings. The van der Waals surface area contributed by atoms with Crippen LogP contribution in [0.15, 0.2) is 94.0 Å². The molecule has 0 aliphatic carbocycles. The lowest BCUT2D eigenvalue weighted by Gasteiger charge is -2.44. The van der Waals surface area contributed by atoms with E-state index in [-0.39, 0.29) is 31.8 Å². The minimum Gasteiger partial charge on any atom is -0.335 e. The van der Waals surface area contributed by atoms with Crippen molar-refractivity contribution in [1.29, 1.82) is 0 Å². The molecule has 3 aromatic carbocycles. The lowest BCUT2D eigenvalue weighted by Crippen LogP contribution is -2.55. The third-order valence-corrected chi connectivity index (χ3v) is 8.31. The van der Waals surface area contributed by atoms with Gasteiger partial charge in [0.05, 0.1) is 5.52 Å². The lowest BCUT2D eigenvalue weighted by molar-refractivity contribution is -0.189. The van der Waals surface area contributed by atoms with Crippen molar-refractivity contribution in [2.75, 3.05) is 6.54 Å². The number of fused-ring (bicyclic) bond motifs is 1. The molecule has 0 unspecified atom stereocenters. The molecule has 0 bridgehead atoms. The Hall–Kier alpha value is -3.24. The summed E-state index contributed by atoms with van der Waals surface area (Å²) in [5, 5.41) is 0.698. The molecule has 0 N–H and O–H groups in total. The van der Waals surface area contributed by atoms with Gasteiger partial charge in [-0.1, -0.05) is 80.4 Å². The summed E-state index contributed by atoms with van der Waals surface area (Å²) in [7, 11) is 0. The molecule has 0 radical (unpaired) electrons. The molecule has 1 aromatic heterocycles. The van der Waals surface area contributed by atoms with Crippen molar-refractivity contribution in [2.24, 2.45) is 0 Å². The maximum absolute atomic E-state index is 13.9. The van der Waals surface area contributed by atoms with Crippen LogP contribution in [0.2, 0.25) is 0 Å². The van der Waals surface area contributed by atoms with Crippen molar-refractivity contribution < 1.29 is 22.8 Å². The van der Waals surface area contributed by atoms with Crippen LogP contribution in [0, 0.1) is 0 Å². The third-order valence-electron chi connectivity index (χ3n) is 7.40. The fourth-order valence-electron chi connectivity index (χ4n) is 5.51. The Kier molecular flexibility index (Phi) is 8.79. The van der Waals surface area contributed by atoms with Crippen LogP contribution in [0.5, 0.6) is 0 Å². The number of halogens is 5. The summed E-state index contributed by atoms with van der Waals surface area (Å²) in [6.07, 6.45) is -2.61. The number of likely N-dealkylation sites (tertiary alicyclic amines) is 1. The largest absolute Gasteiger partial charge is 0.471 e. The first-order valence-corrected chi connectivity index (χ1v) is 14.7. The number of benzene rings is 3. The Morgan fingerprint density at radius 2 is 1.63 bits per heavy atom. The predicted molar refractivity (Wildman–Crippen MR) is 158 cm³/mol. The van der Waals surface area contributed by atoms with Crippen LogP contribution < -0.4 is 0 Å². The highest BCUT2D eigenvalue weighted by Gasteiger charge is 2.46. The molecule has 2 heterocycles. The molecule has 0 saturated carbocycles. The van der Waals surface area contributed by atoms with Crippen molar-refractivity contribution in [3.63, 3.8) is 0 Å². The molecule has 2 atom stereocenters. The van der Waals surface area contributed by atoms with E-state index >= 15 is 0 Å². The second-order valence-electron chi connectivity index (χ2n) is 10.1. The fraction of sp³-hybridized carbons (Fsp3) is 0.258. The van der Waals surface area contributed by atoms with Gasteiger partial charge in [0.25, 0.3) is 5.91 Å². The molecule has 2 amide bonds. The van der Waals surface area contributed by atoms with Crippen LogP contribution in [0.3, 0.4) is 0 Å². The first-order valence-electron chi connectivity index (χ1n) is 13.1. The molecular weight excluding hydrogens is 663 g/mol. The number of nitrogens with zero attached hydrogens (tertiary/aromatic N) is 3. The summed E-state index contributed by atoms with van der Waals surface area (Å²) in [5.41, 5.74) is 2.66. The predicted octanol–water partition coefficient (Wildman–Crippen LogP) is 7.57. The van der Waals surface area contributed by atoms with Crippen LogP contribution in [0.1, 0.15) is 34.3 Å². The summed E-state index contributed by atoms with van der Waals surface area (Å²) in [6.45, 7) is 0.000484. The second-order valence-corrected chi connectivity index (χ2v) is 11.9. The average molecular weight is 689 g/mol. The van der Waals surface area contributed by atoms with Crippen molar-refractivity contribution in [1.82, 2.24) is 14.8 Å². The zero-order valence-electron chi connectivity index (χ0n) is 21.8. The maximum atomic E-state index is 13.9. The van der Waals surface area contributed by atoms with Crippen molar-refractivity contribution >= 4 is 54.6 Å². The number of carbonyl (C=O) groups excluding carboxylic acids is 2. The first-order chi connectivity index (χ1) is 19.6. The van der Waals surface area contributed by atoms with E-state index in [4.69, 9.17) is 0 Å². The summed E-state index contributed by atoms with van der Waals surface area (Å²) in [6, 6.07) is 22.5. The van der Waals surface area contributed by atoms with E-state index in [1.54, 1.807) is 47.5 Å². The van der Waals surface area contributed by atoms with Crippen LogP contribution in [0.25, 0.3) is 10.9 Å². The quantitative estimate of drug-likeness (QED) is 0.210. The second kappa shape index (κ2) is 12.3. The monoisotopic (exact) mass is 687 g/mol. The minimum atomic E-state index is -5.03. The molecule has 41 heavy (non-hydrogen) atoms. The van der Waals surface area contributed by atoms with E-state index in [1.807, 2.05) is 42.5 Å². The number of hydrogen-bond donors (Lipinski definition) is 0. The van der Waals surface area contributed by atoms with Gasteiger partial charge in [0.1, 0.15) is 0 Å². The van der Waals surface area contributed by atoms with Crippen molar-refractivity contribution in [2.45, 2.75) is 44.1 Å². The molecule has 5 nitrogen and oxygen atoms in total. The zero-order chi connectivity index (χ0) is 29.1. The SMILES string of the molecule is O=C(c1cc(Br)cc(Br)c1)N1CC[C@H](N(Cc2ccnc3ccccc23)C(=O)C(F)(F)F)C[C@H]1Cc1ccccc1. The van der Waals surface area contributed by atoms with Gasteiger partial charge in [0.2, 0.25) is 0 Å². The first kappa shape index (κ1) is 29.3. The van der Waals surface area contributed by atoms with E-state index < -0.39 is 24.2 Å². The van der Waals surface area contributed by atoms with Crippen LogP contribution in [-0.2, 0) is 17.8 Å². The van der Waals surface area contributed by atoms with Gasteiger partial charge in [0, 0.05) is 51.3 Å². The molecule has 1 fully saturated rings. The van der Waals surface area contributed by atoms with E-state index in [0.29, 0.717) is 28.5 Å². The number of pyridine rings is 1. The van der Waals surface area contributed by atoms with E-state index in [0.717, 1.165) is 19.4 Å². The number of amides is 2. The minimum absolute atomic E-state index is 0.208. The van der Waals surface area contributed by atoms with Crippen molar-refractivity contribution in [3.05, 3.63) is 111 Å². The summed E-state index contributed by atoms with van der Waals surface area (Å²) >= 11 is 6.86. The smallest absolute Gasteiger partial charge is 0.335 e. The summed E-state index contributed by atoms with van der Waals surface area (Å²) < 4.78 is 43.3. The average Bonchev–Trinajstić information content (AvgIpc) is 2.95. The molecule has 5 rings (SSSR count). The van der Waals surface area contributed by atoms with Gasteiger partial charge in [-0.25, -0.2) is 0 Å². The topological polar surface area (TPSA) is 53.5 Å². The van der Waals surface area contributed by atoms with Crippen molar-refractivity contribution in [3.8, 4) is 0 Å². The van der Waals surface area contributed by atoms with Crippen LogP contribution in [0.4, 0.5) is 13.2 Å². The Balaban J connectivity index is 1.48. The molecule has 212 valence electrons. The van der Waals surface area contributed by atoms with Gasteiger partial charge in [-0.05, 0) is 60.7 Å². The van der Waals surface area contributed by atoms with Gasteiger partial charge in [-0.2, -0.15) is 13.2 Å². The Morgan fingerprint density at radius 1 is 0.951 bits per heavy atom. The number of aromatic nitrogens is 1. The summed E-state index contributed by atoms with van der Waals surface area (Å²) in [5.74, 6) is -2.09. The fourth-order valence-corrected chi connectivity index (χ4v) is 6.80. The molecule has 1 saturated heterocycles. The van der Waals surface area contributed by atoms with Gasteiger partial charge in [-0.15, -0.1) is 0 Å². The van der Waals surface area contributed by atoms with Crippen LogP contribution >= 0.6 is 31.9 Å². The molecule has 0 spiro atoms. The Bertz CT molecular complexity index is 1540. The van der Waals surface area contributed by atoms with E-state index in [1.165, 1.54) is 0 Å². The number of rotatable bonds is 6. The molecule has 1 aliphatic rings. The summed E-state index contributed by atoms with van der Waals surface area (Å²) in [4.78, 5) is 33.6. The number of hydrogen-bond acceptors (Lipinski definition) is 3. The van der Waals surface area contributed by atoms with Gasteiger partial charge in [0.15, 0.2) is 0 Å². The Morgan fingerprint density at radius 3 is 2.34 bits per heavy atom. The molecule has 1 aliphatic heterocycles. The van der Waals surface area contributed by atoms with Gasteiger partial charge in [-0.3, -0.25) is 14.6 Å². The van der Waals surface area contributed by atoms with Gasteiger partial charge >= 0.3 is 12.1 Å².